The molecule has 0 aliphatic heterocycles. The van der Waals surface area contributed by atoms with Crippen molar-refractivity contribution in [3.05, 3.63) is 0 Å². The van der Waals surface area contributed by atoms with E-state index in [1.165, 1.54) is 13.8 Å². The van der Waals surface area contributed by atoms with E-state index in [2.05, 4.69) is 0 Å². The Morgan fingerprint density at radius 3 is 2.33 bits per heavy atom. The summed E-state index contributed by atoms with van der Waals surface area (Å²) in [5, 5.41) is 10.1. The van der Waals surface area contributed by atoms with Crippen LogP contribution in [0.2, 0.25) is 0 Å². The summed E-state index contributed by atoms with van der Waals surface area (Å²) >= 11 is 0. The van der Waals surface area contributed by atoms with Gasteiger partial charge in [0.1, 0.15) is 5.60 Å². The fourth-order valence-corrected chi connectivity index (χ4v) is 4.37. The number of hydrogen-bond donors (Lipinski definition) is 1. The van der Waals surface area contributed by atoms with Gasteiger partial charge in [-0.3, -0.25) is 0 Å². The quantitative estimate of drug-likeness (QED) is 0.771. The highest BCUT2D eigenvalue weighted by atomic mass is 19.1. The zero-order valence-electron chi connectivity index (χ0n) is 11.0. The summed E-state index contributed by atoms with van der Waals surface area (Å²) in [6.07, 6.45) is 4.11. The van der Waals surface area contributed by atoms with Gasteiger partial charge in [-0.25, -0.2) is 9.18 Å². The summed E-state index contributed by atoms with van der Waals surface area (Å²) in [4.78, 5) is 11.8. The van der Waals surface area contributed by atoms with Crippen LogP contribution in [0, 0.1) is 17.8 Å². The molecule has 4 aliphatic carbocycles. The molecule has 3 nitrogen and oxygen atoms in total. The van der Waals surface area contributed by atoms with Crippen molar-refractivity contribution in [1.82, 2.24) is 0 Å². The number of ether oxygens (including phenoxy) is 1. The number of halogens is 1. The predicted octanol–water partition coefficient (Wildman–Crippen LogP) is 2.22. The van der Waals surface area contributed by atoms with Crippen LogP contribution in [0.1, 0.15) is 46.0 Å². The maximum absolute atomic E-state index is 13.6. The molecule has 1 N–H and O–H groups in total. The summed E-state index contributed by atoms with van der Waals surface area (Å²) in [6, 6.07) is 0. The highest BCUT2D eigenvalue weighted by Crippen LogP contribution is 2.57. The van der Waals surface area contributed by atoms with Gasteiger partial charge in [0, 0.05) is 0 Å². The second-order valence-electron chi connectivity index (χ2n) is 7.01. The summed E-state index contributed by atoms with van der Waals surface area (Å²) in [7, 11) is 0. The van der Waals surface area contributed by atoms with E-state index in [0.29, 0.717) is 18.8 Å². The minimum Gasteiger partial charge on any atom is -0.457 e. The number of carbonyl (C=O) groups is 1. The van der Waals surface area contributed by atoms with Crippen molar-refractivity contribution >= 4 is 5.97 Å². The molecule has 4 aliphatic rings. The third kappa shape index (κ3) is 1.85. The number of carbonyl (C=O) groups excluding carboxylic acids is 1. The highest BCUT2D eigenvalue weighted by molar-refractivity contribution is 5.78. The van der Waals surface area contributed by atoms with Gasteiger partial charge in [-0.2, -0.15) is 0 Å². The molecule has 0 aromatic carbocycles. The third-order valence-corrected chi connectivity index (χ3v) is 4.96. The smallest absolute Gasteiger partial charge is 0.343 e. The molecule has 4 bridgehead atoms. The molecule has 0 amide bonds. The monoisotopic (exact) mass is 256 g/mol. The Morgan fingerprint density at radius 2 is 1.83 bits per heavy atom. The van der Waals surface area contributed by atoms with Gasteiger partial charge in [0.2, 0.25) is 5.67 Å². The SMILES string of the molecule is CC(C)(F)C(=O)OC12CC3CC(C1)C(O)C(C3)C2. The molecular weight excluding hydrogens is 235 g/mol. The van der Waals surface area contributed by atoms with Crippen molar-refractivity contribution in [2.75, 3.05) is 0 Å². The first-order valence-electron chi connectivity index (χ1n) is 6.89. The minimum atomic E-state index is -1.93. The third-order valence-electron chi connectivity index (χ3n) is 4.96. The fourth-order valence-electron chi connectivity index (χ4n) is 4.37. The first-order valence-corrected chi connectivity index (χ1v) is 6.89. The van der Waals surface area contributed by atoms with Crippen LogP contribution in [-0.4, -0.2) is 28.4 Å². The Kier molecular flexibility index (Phi) is 2.54. The maximum Gasteiger partial charge on any atom is 0.343 e. The van der Waals surface area contributed by atoms with Crippen LogP contribution in [-0.2, 0) is 9.53 Å². The molecule has 4 saturated carbocycles. The van der Waals surface area contributed by atoms with Crippen LogP contribution >= 0.6 is 0 Å². The average molecular weight is 256 g/mol. The lowest BCUT2D eigenvalue weighted by Crippen LogP contribution is -2.59. The summed E-state index contributed by atoms with van der Waals surface area (Å²) in [5.74, 6) is 0.277. The van der Waals surface area contributed by atoms with Gasteiger partial charge in [-0.15, -0.1) is 0 Å². The second kappa shape index (κ2) is 3.69. The molecule has 0 heterocycles. The Balaban J connectivity index is 1.78. The van der Waals surface area contributed by atoms with Gasteiger partial charge < -0.3 is 9.84 Å². The molecule has 2 atom stereocenters. The topological polar surface area (TPSA) is 46.5 Å². The zero-order chi connectivity index (χ0) is 13.1. The molecule has 4 rings (SSSR count). The van der Waals surface area contributed by atoms with E-state index in [1.54, 1.807) is 0 Å². The number of hydrogen-bond acceptors (Lipinski definition) is 3. The predicted molar refractivity (Wildman–Crippen MR) is 63.6 cm³/mol. The first kappa shape index (κ1) is 12.4. The van der Waals surface area contributed by atoms with E-state index in [4.69, 9.17) is 4.74 Å². The van der Waals surface area contributed by atoms with Crippen LogP contribution < -0.4 is 0 Å². The molecule has 102 valence electrons. The Labute approximate surface area is 107 Å². The fraction of sp³-hybridized carbons (Fsp3) is 0.929. The van der Waals surface area contributed by atoms with Crippen molar-refractivity contribution in [3.8, 4) is 0 Å². The Hall–Kier alpha value is -0.640. The zero-order valence-corrected chi connectivity index (χ0v) is 11.0. The average Bonchev–Trinajstić information content (AvgIpc) is 2.22. The number of rotatable bonds is 2. The van der Waals surface area contributed by atoms with Crippen LogP contribution in [0.5, 0.6) is 0 Å². The van der Waals surface area contributed by atoms with E-state index in [0.717, 1.165) is 19.3 Å². The summed E-state index contributed by atoms with van der Waals surface area (Å²) in [5.41, 5.74) is -2.42. The number of esters is 1. The molecule has 0 spiro atoms. The molecular formula is C14H21FO3. The van der Waals surface area contributed by atoms with E-state index >= 15 is 0 Å². The van der Waals surface area contributed by atoms with Gasteiger partial charge >= 0.3 is 5.97 Å². The molecule has 0 radical (unpaired) electrons. The van der Waals surface area contributed by atoms with Gasteiger partial charge in [-0.05, 0) is 63.7 Å². The molecule has 0 aromatic rings. The Morgan fingerprint density at radius 1 is 1.28 bits per heavy atom. The first-order chi connectivity index (χ1) is 8.29. The van der Waals surface area contributed by atoms with Crippen molar-refractivity contribution in [2.45, 2.75) is 63.3 Å². The largest absolute Gasteiger partial charge is 0.457 e. The van der Waals surface area contributed by atoms with Gasteiger partial charge in [-0.1, -0.05) is 0 Å². The van der Waals surface area contributed by atoms with Crippen LogP contribution in [0.25, 0.3) is 0 Å². The number of aliphatic hydroxyl groups is 1. The molecule has 18 heavy (non-hydrogen) atoms. The van der Waals surface area contributed by atoms with Crippen molar-refractivity contribution in [2.24, 2.45) is 17.8 Å². The van der Waals surface area contributed by atoms with E-state index < -0.39 is 17.2 Å². The number of alkyl halides is 1. The van der Waals surface area contributed by atoms with E-state index in [1.807, 2.05) is 0 Å². The normalized spacial score (nSPS) is 46.2. The Bertz CT molecular complexity index is 358. The van der Waals surface area contributed by atoms with Crippen LogP contribution in [0.4, 0.5) is 4.39 Å². The van der Waals surface area contributed by atoms with Gasteiger partial charge in [0.25, 0.3) is 0 Å². The molecule has 0 aromatic heterocycles. The number of aliphatic hydroxyl groups excluding tert-OH is 1. The summed E-state index contributed by atoms with van der Waals surface area (Å²) < 4.78 is 19.2. The molecule has 4 heteroatoms. The van der Waals surface area contributed by atoms with Crippen LogP contribution in [0.3, 0.4) is 0 Å². The standard InChI is InChI=1S/C14H21FO3/c1-13(2,15)12(17)18-14-5-8-3-9(6-14)11(16)10(4-8)7-14/h8-11,16H,3-7H2,1-2H3. The van der Waals surface area contributed by atoms with Gasteiger partial charge in [0.05, 0.1) is 6.10 Å². The second-order valence-corrected chi connectivity index (χ2v) is 7.01. The van der Waals surface area contributed by atoms with E-state index in [9.17, 15) is 14.3 Å². The van der Waals surface area contributed by atoms with Crippen LogP contribution in [0.15, 0.2) is 0 Å². The maximum atomic E-state index is 13.6. The van der Waals surface area contributed by atoms with Gasteiger partial charge in [0.15, 0.2) is 0 Å². The molecule has 2 unspecified atom stereocenters. The lowest BCUT2D eigenvalue weighted by molar-refractivity contribution is -0.213. The molecule has 4 fully saturated rings. The van der Waals surface area contributed by atoms with Crippen molar-refractivity contribution < 1.29 is 19.0 Å². The van der Waals surface area contributed by atoms with Crippen molar-refractivity contribution in [3.63, 3.8) is 0 Å². The highest BCUT2D eigenvalue weighted by Gasteiger charge is 2.57. The lowest BCUT2D eigenvalue weighted by atomic mass is 9.53. The van der Waals surface area contributed by atoms with E-state index in [-0.39, 0.29) is 17.9 Å². The minimum absolute atomic E-state index is 0.242. The molecule has 0 saturated heterocycles. The van der Waals surface area contributed by atoms with Crippen molar-refractivity contribution in [1.29, 1.82) is 0 Å². The lowest BCUT2D eigenvalue weighted by Gasteiger charge is -2.57. The summed E-state index contributed by atoms with van der Waals surface area (Å²) in [6.45, 7) is 2.48.